The third kappa shape index (κ3) is 3.66. The molecule has 6 nitrogen and oxygen atoms in total. The Balaban J connectivity index is 1.75. The second-order valence-electron chi connectivity index (χ2n) is 8.25. The number of rotatable bonds is 3. The third-order valence-electron chi connectivity index (χ3n) is 4.80. The standard InChI is InChI=1S/C21H24ClN5OS/c1-12-10-17(27(24-12)21(3,4)5)18-13(2)25-26(19(18)28)20-23-16(11-29-20)14-6-8-15(22)9-7-14/h6-12,24-25H,1-5H3. The third-order valence-corrected chi connectivity index (χ3v) is 5.88. The van der Waals surface area contributed by atoms with Gasteiger partial charge >= 0.3 is 0 Å². The van der Waals surface area contributed by atoms with E-state index in [9.17, 15) is 4.79 Å². The molecule has 3 aromatic rings. The molecule has 8 heteroatoms. The summed E-state index contributed by atoms with van der Waals surface area (Å²) in [6, 6.07) is 7.67. The molecule has 0 spiro atoms. The maximum absolute atomic E-state index is 13.3. The average Bonchev–Trinajstić information content (AvgIpc) is 3.33. The zero-order valence-corrected chi connectivity index (χ0v) is 18.6. The zero-order chi connectivity index (χ0) is 20.9. The summed E-state index contributed by atoms with van der Waals surface area (Å²) in [7, 11) is 0. The highest BCUT2D eigenvalue weighted by atomic mass is 35.5. The number of aromatic nitrogens is 3. The van der Waals surface area contributed by atoms with Crippen molar-refractivity contribution >= 4 is 28.6 Å². The fraction of sp³-hybridized carbons (Fsp3) is 0.333. The van der Waals surface area contributed by atoms with Crippen LogP contribution < -0.4 is 11.0 Å². The number of benzene rings is 1. The Morgan fingerprint density at radius 2 is 1.90 bits per heavy atom. The highest BCUT2D eigenvalue weighted by Gasteiger charge is 2.33. The van der Waals surface area contributed by atoms with Crippen molar-refractivity contribution in [3.05, 3.63) is 62.4 Å². The van der Waals surface area contributed by atoms with Gasteiger partial charge in [-0.3, -0.25) is 9.89 Å². The van der Waals surface area contributed by atoms with Gasteiger partial charge in [-0.25, -0.2) is 10.4 Å². The topological polar surface area (TPSA) is 66.0 Å². The molecule has 1 atom stereocenters. The first-order chi connectivity index (χ1) is 13.6. The molecule has 0 aliphatic carbocycles. The Kier molecular flexibility index (Phi) is 4.93. The maximum atomic E-state index is 13.3. The van der Waals surface area contributed by atoms with Crippen LogP contribution in [0.3, 0.4) is 0 Å². The maximum Gasteiger partial charge on any atom is 0.282 e. The number of hydrogen-bond donors (Lipinski definition) is 2. The molecule has 152 valence electrons. The molecule has 1 aromatic carbocycles. The number of nitrogens with zero attached hydrogens (tertiary/aromatic N) is 3. The fourth-order valence-corrected chi connectivity index (χ4v) is 4.39. The Labute approximate surface area is 178 Å². The Morgan fingerprint density at radius 3 is 2.55 bits per heavy atom. The van der Waals surface area contributed by atoms with Crippen LogP contribution in [0.1, 0.15) is 39.0 Å². The van der Waals surface area contributed by atoms with E-state index in [0.717, 1.165) is 22.6 Å². The summed E-state index contributed by atoms with van der Waals surface area (Å²) in [5.74, 6) is 0. The van der Waals surface area contributed by atoms with Gasteiger partial charge in [-0.2, -0.15) is 4.68 Å². The summed E-state index contributed by atoms with van der Waals surface area (Å²) in [4.78, 5) is 18.0. The molecular weight excluding hydrogens is 406 g/mol. The number of hydrazine groups is 1. The second-order valence-corrected chi connectivity index (χ2v) is 9.52. The summed E-state index contributed by atoms with van der Waals surface area (Å²) < 4.78 is 1.53. The Morgan fingerprint density at radius 1 is 1.21 bits per heavy atom. The van der Waals surface area contributed by atoms with Crippen molar-refractivity contribution in [3.8, 4) is 16.4 Å². The van der Waals surface area contributed by atoms with Crippen LogP contribution in [-0.4, -0.2) is 31.4 Å². The van der Waals surface area contributed by atoms with Gasteiger partial charge in [0.15, 0.2) is 0 Å². The molecule has 0 bridgehead atoms. The van der Waals surface area contributed by atoms with Crippen molar-refractivity contribution < 1.29 is 0 Å². The molecule has 1 aliphatic rings. The van der Waals surface area contributed by atoms with Crippen LogP contribution in [0.25, 0.3) is 22.1 Å². The summed E-state index contributed by atoms with van der Waals surface area (Å²) in [5, 5.41) is 8.51. The minimum Gasteiger partial charge on any atom is -0.302 e. The highest BCUT2D eigenvalue weighted by molar-refractivity contribution is 7.12. The number of halogens is 1. The number of thiazole rings is 1. The Hall–Kier alpha value is -2.35. The van der Waals surface area contributed by atoms with Crippen molar-refractivity contribution in [1.29, 1.82) is 0 Å². The van der Waals surface area contributed by atoms with Gasteiger partial charge in [0.05, 0.1) is 17.0 Å². The molecule has 2 aromatic heterocycles. The minimum atomic E-state index is -0.166. The highest BCUT2D eigenvalue weighted by Crippen LogP contribution is 2.31. The molecule has 0 saturated heterocycles. The van der Waals surface area contributed by atoms with Gasteiger partial charge in [0.1, 0.15) is 0 Å². The lowest BCUT2D eigenvalue weighted by molar-refractivity contribution is 0.157. The SMILES string of the molecule is Cc1[nH]n(-c2nc(-c3ccc(Cl)cc3)cs2)c(=O)c1C1=CC(C)NN1C(C)(C)C. The van der Waals surface area contributed by atoms with E-state index in [2.05, 4.69) is 54.3 Å². The van der Waals surface area contributed by atoms with E-state index in [1.54, 1.807) is 0 Å². The van der Waals surface area contributed by atoms with Crippen LogP contribution in [0.2, 0.25) is 5.02 Å². The van der Waals surface area contributed by atoms with Gasteiger partial charge in [0.2, 0.25) is 5.13 Å². The van der Waals surface area contributed by atoms with Crippen molar-refractivity contribution in [1.82, 2.24) is 25.2 Å². The van der Waals surface area contributed by atoms with E-state index < -0.39 is 0 Å². The molecule has 3 heterocycles. The lowest BCUT2D eigenvalue weighted by atomic mass is 10.1. The van der Waals surface area contributed by atoms with Crippen LogP contribution in [0.15, 0.2) is 40.5 Å². The van der Waals surface area contributed by atoms with E-state index in [-0.39, 0.29) is 17.1 Å². The van der Waals surface area contributed by atoms with E-state index >= 15 is 0 Å². The lowest BCUT2D eigenvalue weighted by Gasteiger charge is -2.36. The molecule has 0 radical (unpaired) electrons. The molecule has 2 N–H and O–H groups in total. The number of aromatic amines is 1. The molecule has 0 saturated carbocycles. The van der Waals surface area contributed by atoms with Crippen LogP contribution in [0, 0.1) is 6.92 Å². The fourth-order valence-electron chi connectivity index (χ4n) is 3.48. The van der Waals surface area contributed by atoms with E-state index in [0.29, 0.717) is 15.7 Å². The first kappa shape index (κ1) is 19.9. The van der Waals surface area contributed by atoms with Crippen molar-refractivity contribution in [2.75, 3.05) is 0 Å². The predicted molar refractivity (Wildman–Crippen MR) is 119 cm³/mol. The minimum absolute atomic E-state index is 0.101. The molecule has 4 rings (SSSR count). The molecule has 29 heavy (non-hydrogen) atoms. The van der Waals surface area contributed by atoms with E-state index in [1.807, 2.05) is 36.6 Å². The quantitative estimate of drug-likeness (QED) is 0.638. The van der Waals surface area contributed by atoms with Gasteiger partial charge in [-0.15, -0.1) is 11.3 Å². The molecule has 0 fully saturated rings. The van der Waals surface area contributed by atoms with Crippen LogP contribution >= 0.6 is 22.9 Å². The lowest BCUT2D eigenvalue weighted by Crippen LogP contribution is -2.48. The van der Waals surface area contributed by atoms with Gasteiger partial charge in [0.25, 0.3) is 5.56 Å². The van der Waals surface area contributed by atoms with E-state index in [1.165, 1.54) is 16.0 Å². The molecule has 1 aliphatic heterocycles. The number of nitrogens with one attached hydrogen (secondary N) is 2. The molecule has 0 amide bonds. The van der Waals surface area contributed by atoms with Gasteiger partial charge in [-0.1, -0.05) is 23.7 Å². The zero-order valence-electron chi connectivity index (χ0n) is 17.1. The van der Waals surface area contributed by atoms with E-state index in [4.69, 9.17) is 11.6 Å². The molecular formula is C21H24ClN5OS. The first-order valence-electron chi connectivity index (χ1n) is 9.47. The van der Waals surface area contributed by atoms with Crippen LogP contribution in [0.4, 0.5) is 0 Å². The largest absolute Gasteiger partial charge is 0.302 e. The monoisotopic (exact) mass is 429 g/mol. The average molecular weight is 430 g/mol. The summed E-state index contributed by atoms with van der Waals surface area (Å²) >= 11 is 7.40. The predicted octanol–water partition coefficient (Wildman–Crippen LogP) is 4.60. The van der Waals surface area contributed by atoms with Crippen molar-refractivity contribution in [2.45, 2.75) is 46.2 Å². The van der Waals surface area contributed by atoms with Gasteiger partial charge in [-0.05, 0) is 52.8 Å². The van der Waals surface area contributed by atoms with Crippen molar-refractivity contribution in [3.63, 3.8) is 0 Å². The number of hydrogen-bond acceptors (Lipinski definition) is 5. The van der Waals surface area contributed by atoms with Crippen LogP contribution in [0.5, 0.6) is 0 Å². The van der Waals surface area contributed by atoms with Gasteiger partial charge in [0, 0.05) is 33.2 Å². The van der Waals surface area contributed by atoms with Gasteiger partial charge < -0.3 is 5.01 Å². The number of aryl methyl sites for hydroxylation is 1. The summed E-state index contributed by atoms with van der Waals surface area (Å²) in [6.07, 6.45) is 2.09. The Bertz CT molecular complexity index is 1130. The number of H-pyrrole nitrogens is 1. The summed E-state index contributed by atoms with van der Waals surface area (Å²) in [5.41, 5.74) is 7.32. The second kappa shape index (κ2) is 7.16. The summed E-state index contributed by atoms with van der Waals surface area (Å²) in [6.45, 7) is 10.3. The first-order valence-corrected chi connectivity index (χ1v) is 10.7. The van der Waals surface area contributed by atoms with Crippen LogP contribution in [-0.2, 0) is 0 Å². The smallest absolute Gasteiger partial charge is 0.282 e. The van der Waals surface area contributed by atoms with Crippen molar-refractivity contribution in [2.24, 2.45) is 0 Å². The normalized spacial score (nSPS) is 17.1. The molecule has 1 unspecified atom stereocenters.